The zero-order chi connectivity index (χ0) is 16.8. The van der Waals surface area contributed by atoms with Crippen molar-refractivity contribution in [2.24, 2.45) is 5.73 Å². The summed E-state index contributed by atoms with van der Waals surface area (Å²) in [5.41, 5.74) is 4.69. The summed E-state index contributed by atoms with van der Waals surface area (Å²) in [6.07, 6.45) is 0.589. The van der Waals surface area contributed by atoms with Crippen molar-refractivity contribution in [3.05, 3.63) is 65.2 Å². The van der Waals surface area contributed by atoms with Crippen molar-refractivity contribution in [2.75, 3.05) is 6.61 Å². The summed E-state index contributed by atoms with van der Waals surface area (Å²) in [4.78, 5) is 22.9. The molecule has 120 valence electrons. The molecule has 2 N–H and O–H groups in total. The fourth-order valence-corrected chi connectivity index (χ4v) is 2.05. The number of primary amides is 1. The van der Waals surface area contributed by atoms with Crippen molar-refractivity contribution in [1.82, 2.24) is 0 Å². The largest absolute Gasteiger partial charge is 0.490 e. The SMILES string of the molecule is NC(=O)c1c(F)ccc(OCCCC(=O)c2ccccc2)c1F. The molecule has 4 nitrogen and oxygen atoms in total. The third kappa shape index (κ3) is 4.12. The highest BCUT2D eigenvalue weighted by molar-refractivity contribution is 5.96. The van der Waals surface area contributed by atoms with Gasteiger partial charge in [-0.2, -0.15) is 0 Å². The maximum absolute atomic E-state index is 13.9. The van der Waals surface area contributed by atoms with E-state index in [2.05, 4.69) is 0 Å². The quantitative estimate of drug-likeness (QED) is 0.630. The second-order valence-corrected chi connectivity index (χ2v) is 4.84. The Morgan fingerprint density at radius 2 is 1.74 bits per heavy atom. The van der Waals surface area contributed by atoms with Gasteiger partial charge in [0.2, 0.25) is 0 Å². The van der Waals surface area contributed by atoms with Gasteiger partial charge in [-0.05, 0) is 18.6 Å². The Kier molecular flexibility index (Phi) is 5.41. The summed E-state index contributed by atoms with van der Waals surface area (Å²) in [5.74, 6) is -3.70. The van der Waals surface area contributed by atoms with Gasteiger partial charge in [-0.15, -0.1) is 0 Å². The van der Waals surface area contributed by atoms with Crippen LogP contribution in [0.1, 0.15) is 33.6 Å². The van der Waals surface area contributed by atoms with E-state index in [1.807, 2.05) is 6.07 Å². The molecule has 0 saturated heterocycles. The lowest BCUT2D eigenvalue weighted by Crippen LogP contribution is -2.16. The predicted octanol–water partition coefficient (Wildman–Crippen LogP) is 3.11. The Morgan fingerprint density at radius 1 is 1.04 bits per heavy atom. The summed E-state index contributed by atoms with van der Waals surface area (Å²) < 4.78 is 32.4. The third-order valence-electron chi connectivity index (χ3n) is 3.20. The average molecular weight is 319 g/mol. The van der Waals surface area contributed by atoms with Crippen LogP contribution >= 0.6 is 0 Å². The summed E-state index contributed by atoms with van der Waals surface area (Å²) in [6, 6.07) is 10.8. The van der Waals surface area contributed by atoms with E-state index in [-0.39, 0.29) is 24.6 Å². The number of hydrogen-bond acceptors (Lipinski definition) is 3. The zero-order valence-corrected chi connectivity index (χ0v) is 12.2. The number of ether oxygens (including phenoxy) is 1. The fourth-order valence-electron chi connectivity index (χ4n) is 2.05. The van der Waals surface area contributed by atoms with E-state index >= 15 is 0 Å². The third-order valence-corrected chi connectivity index (χ3v) is 3.20. The molecule has 0 aliphatic rings. The smallest absolute Gasteiger partial charge is 0.254 e. The van der Waals surface area contributed by atoms with Gasteiger partial charge in [-0.25, -0.2) is 8.78 Å². The normalized spacial score (nSPS) is 10.3. The number of halogens is 2. The number of rotatable bonds is 7. The van der Waals surface area contributed by atoms with Crippen molar-refractivity contribution in [1.29, 1.82) is 0 Å². The minimum atomic E-state index is -1.20. The molecule has 2 aromatic carbocycles. The molecule has 0 aliphatic heterocycles. The number of amides is 1. The van der Waals surface area contributed by atoms with E-state index in [0.29, 0.717) is 12.0 Å². The predicted molar refractivity (Wildman–Crippen MR) is 80.4 cm³/mol. The average Bonchev–Trinajstić information content (AvgIpc) is 2.53. The van der Waals surface area contributed by atoms with Gasteiger partial charge in [-0.3, -0.25) is 9.59 Å². The molecule has 23 heavy (non-hydrogen) atoms. The maximum atomic E-state index is 13.9. The zero-order valence-electron chi connectivity index (χ0n) is 12.2. The van der Waals surface area contributed by atoms with Gasteiger partial charge in [0.05, 0.1) is 6.61 Å². The molecule has 0 heterocycles. The number of benzene rings is 2. The highest BCUT2D eigenvalue weighted by atomic mass is 19.1. The number of carbonyl (C=O) groups is 2. The number of hydrogen-bond donors (Lipinski definition) is 1. The Morgan fingerprint density at radius 3 is 2.39 bits per heavy atom. The molecule has 0 bridgehead atoms. The van der Waals surface area contributed by atoms with Crippen LogP contribution in [0.4, 0.5) is 8.78 Å². The molecule has 0 aliphatic carbocycles. The first-order chi connectivity index (χ1) is 11.0. The molecule has 0 aromatic heterocycles. The lowest BCUT2D eigenvalue weighted by atomic mass is 10.1. The number of carbonyl (C=O) groups excluding carboxylic acids is 2. The molecule has 0 fully saturated rings. The first-order valence-corrected chi connectivity index (χ1v) is 6.99. The topological polar surface area (TPSA) is 69.4 Å². The molecule has 2 aromatic rings. The Bertz CT molecular complexity index is 717. The van der Waals surface area contributed by atoms with Gasteiger partial charge >= 0.3 is 0 Å². The van der Waals surface area contributed by atoms with Crippen LogP contribution in [-0.4, -0.2) is 18.3 Å². The van der Waals surface area contributed by atoms with E-state index in [4.69, 9.17) is 10.5 Å². The summed E-state index contributed by atoms with van der Waals surface area (Å²) in [7, 11) is 0. The Balaban J connectivity index is 1.91. The molecule has 2 rings (SSSR count). The van der Waals surface area contributed by atoms with Gasteiger partial charge in [-0.1, -0.05) is 30.3 Å². The van der Waals surface area contributed by atoms with Crippen LogP contribution in [0.5, 0.6) is 5.75 Å². The first kappa shape index (κ1) is 16.6. The Hall–Kier alpha value is -2.76. The summed E-state index contributed by atoms with van der Waals surface area (Å²) >= 11 is 0. The molecule has 0 atom stereocenters. The molecule has 1 amide bonds. The van der Waals surface area contributed by atoms with E-state index < -0.39 is 23.1 Å². The number of ketones is 1. The molecular formula is C17H15F2NO3. The Labute approximate surface area is 131 Å². The highest BCUT2D eigenvalue weighted by Gasteiger charge is 2.19. The molecule has 0 saturated carbocycles. The molecule has 0 spiro atoms. The van der Waals surface area contributed by atoms with Gasteiger partial charge < -0.3 is 10.5 Å². The highest BCUT2D eigenvalue weighted by Crippen LogP contribution is 2.23. The van der Waals surface area contributed by atoms with Crippen LogP contribution in [0.2, 0.25) is 0 Å². The van der Waals surface area contributed by atoms with Gasteiger partial charge in [0, 0.05) is 12.0 Å². The van der Waals surface area contributed by atoms with Crippen molar-refractivity contribution >= 4 is 11.7 Å². The molecule has 0 radical (unpaired) electrons. The van der Waals surface area contributed by atoms with E-state index in [1.54, 1.807) is 24.3 Å². The minimum Gasteiger partial charge on any atom is -0.490 e. The van der Waals surface area contributed by atoms with Crippen molar-refractivity contribution in [3.8, 4) is 5.75 Å². The van der Waals surface area contributed by atoms with Crippen molar-refractivity contribution < 1.29 is 23.1 Å². The van der Waals surface area contributed by atoms with Gasteiger partial charge in [0.1, 0.15) is 11.4 Å². The standard InChI is InChI=1S/C17H15F2NO3/c18-12-8-9-14(16(19)15(12)17(20)22)23-10-4-7-13(21)11-5-2-1-3-6-11/h1-3,5-6,8-9H,4,7,10H2,(H2,20,22). The molecular weight excluding hydrogens is 304 g/mol. The summed E-state index contributed by atoms with van der Waals surface area (Å²) in [5, 5.41) is 0. The van der Waals surface area contributed by atoms with Crippen LogP contribution in [0.25, 0.3) is 0 Å². The molecule has 0 unspecified atom stereocenters. The van der Waals surface area contributed by atoms with Crippen LogP contribution in [0.15, 0.2) is 42.5 Å². The second-order valence-electron chi connectivity index (χ2n) is 4.84. The molecule has 6 heteroatoms. The lowest BCUT2D eigenvalue weighted by Gasteiger charge is -2.09. The van der Waals surface area contributed by atoms with E-state index in [9.17, 15) is 18.4 Å². The fraction of sp³-hybridized carbons (Fsp3) is 0.176. The van der Waals surface area contributed by atoms with Crippen LogP contribution in [-0.2, 0) is 0 Å². The van der Waals surface area contributed by atoms with Crippen LogP contribution in [0, 0.1) is 11.6 Å². The number of Topliss-reactive ketones (excluding diaryl/α,β-unsaturated/α-hetero) is 1. The van der Waals surface area contributed by atoms with E-state index in [0.717, 1.165) is 12.1 Å². The van der Waals surface area contributed by atoms with Crippen LogP contribution < -0.4 is 10.5 Å². The van der Waals surface area contributed by atoms with E-state index in [1.165, 1.54) is 0 Å². The van der Waals surface area contributed by atoms with Gasteiger partial charge in [0.25, 0.3) is 5.91 Å². The maximum Gasteiger partial charge on any atom is 0.254 e. The lowest BCUT2D eigenvalue weighted by molar-refractivity contribution is 0.0972. The summed E-state index contributed by atoms with van der Waals surface area (Å²) in [6.45, 7) is 0.0549. The van der Waals surface area contributed by atoms with Crippen molar-refractivity contribution in [3.63, 3.8) is 0 Å². The minimum absolute atomic E-state index is 0.0494. The first-order valence-electron chi connectivity index (χ1n) is 6.99. The number of nitrogens with two attached hydrogens (primary N) is 1. The van der Waals surface area contributed by atoms with Gasteiger partial charge in [0.15, 0.2) is 17.3 Å². The second kappa shape index (κ2) is 7.49. The monoisotopic (exact) mass is 319 g/mol. The van der Waals surface area contributed by atoms with Crippen LogP contribution in [0.3, 0.4) is 0 Å². The van der Waals surface area contributed by atoms with Crippen molar-refractivity contribution in [2.45, 2.75) is 12.8 Å².